The molecule has 1 aliphatic carbocycles. The summed E-state index contributed by atoms with van der Waals surface area (Å²) in [6.45, 7) is 1.47. The zero-order valence-electron chi connectivity index (χ0n) is 21.2. The lowest BCUT2D eigenvalue weighted by atomic mass is 9.95. The van der Waals surface area contributed by atoms with Gasteiger partial charge >= 0.3 is 0 Å². The SMILES string of the molecule is CC(=O)Nc1nc2c(s1)-c1c(c(-c3ccc(N(C)C)nc3)nn1-c1ccc(C(=O)N(C)C)cc1Cl)CC2. The number of hydrogen-bond acceptors (Lipinski definition) is 7. The Labute approximate surface area is 223 Å². The van der Waals surface area contributed by atoms with E-state index in [-0.39, 0.29) is 11.8 Å². The van der Waals surface area contributed by atoms with E-state index in [0.717, 1.165) is 51.7 Å². The van der Waals surface area contributed by atoms with Gasteiger partial charge in [-0.25, -0.2) is 14.6 Å². The van der Waals surface area contributed by atoms with Crippen molar-refractivity contribution in [1.82, 2.24) is 24.6 Å². The highest BCUT2D eigenvalue weighted by molar-refractivity contribution is 7.19. The van der Waals surface area contributed by atoms with Gasteiger partial charge in [-0.15, -0.1) is 0 Å². The monoisotopic (exact) mass is 535 g/mol. The van der Waals surface area contributed by atoms with Gasteiger partial charge in [-0.1, -0.05) is 22.9 Å². The first kappa shape index (κ1) is 24.9. The van der Waals surface area contributed by atoms with E-state index in [0.29, 0.717) is 21.4 Å². The van der Waals surface area contributed by atoms with Gasteiger partial charge in [-0.2, -0.15) is 5.10 Å². The van der Waals surface area contributed by atoms with Crippen LogP contribution in [0.5, 0.6) is 0 Å². The number of thiazole rings is 1. The summed E-state index contributed by atoms with van der Waals surface area (Å²) in [6.07, 6.45) is 3.28. The van der Waals surface area contributed by atoms with Crippen molar-refractivity contribution in [2.45, 2.75) is 19.8 Å². The zero-order chi connectivity index (χ0) is 26.4. The second kappa shape index (κ2) is 9.60. The van der Waals surface area contributed by atoms with Crippen molar-refractivity contribution in [3.8, 4) is 27.5 Å². The van der Waals surface area contributed by atoms with E-state index in [1.54, 1.807) is 26.2 Å². The van der Waals surface area contributed by atoms with E-state index >= 15 is 0 Å². The molecule has 5 rings (SSSR count). The molecule has 0 spiro atoms. The van der Waals surface area contributed by atoms with Crippen LogP contribution in [-0.2, 0) is 17.6 Å². The van der Waals surface area contributed by atoms with Gasteiger partial charge in [0.1, 0.15) is 5.82 Å². The third kappa shape index (κ3) is 4.58. The fraction of sp³-hybridized carbons (Fsp3) is 0.269. The van der Waals surface area contributed by atoms with Crippen LogP contribution in [0.3, 0.4) is 0 Å². The summed E-state index contributed by atoms with van der Waals surface area (Å²) in [6, 6.07) is 9.21. The molecule has 0 unspecified atom stereocenters. The molecule has 0 saturated heterocycles. The van der Waals surface area contributed by atoms with Crippen molar-refractivity contribution in [3.05, 3.63) is 58.4 Å². The number of nitrogens with one attached hydrogen (secondary N) is 1. The molecule has 11 heteroatoms. The minimum Gasteiger partial charge on any atom is -0.363 e. The quantitative estimate of drug-likeness (QED) is 0.403. The Bertz CT molecular complexity index is 1520. The van der Waals surface area contributed by atoms with Gasteiger partial charge in [0.05, 0.1) is 32.7 Å². The van der Waals surface area contributed by atoms with Crippen LogP contribution >= 0.6 is 22.9 Å². The molecule has 0 bridgehead atoms. The average Bonchev–Trinajstić information content (AvgIpc) is 3.44. The van der Waals surface area contributed by atoms with Crippen LogP contribution in [0.2, 0.25) is 5.02 Å². The Kier molecular flexibility index (Phi) is 6.47. The summed E-state index contributed by atoms with van der Waals surface area (Å²) in [5, 5.41) is 8.78. The number of rotatable bonds is 5. The number of hydrogen-bond donors (Lipinski definition) is 1. The van der Waals surface area contributed by atoms with Crippen LogP contribution in [0.15, 0.2) is 36.5 Å². The number of aryl methyl sites for hydroxylation is 1. The van der Waals surface area contributed by atoms with Gasteiger partial charge in [0.2, 0.25) is 5.91 Å². The molecule has 3 aromatic heterocycles. The van der Waals surface area contributed by atoms with Crippen LogP contribution < -0.4 is 10.2 Å². The van der Waals surface area contributed by atoms with E-state index in [1.807, 2.05) is 48.1 Å². The highest BCUT2D eigenvalue weighted by Gasteiger charge is 2.30. The van der Waals surface area contributed by atoms with Crippen molar-refractivity contribution in [3.63, 3.8) is 0 Å². The Hall–Kier alpha value is -3.76. The molecule has 1 N–H and O–H groups in total. The Balaban J connectivity index is 1.70. The lowest BCUT2D eigenvalue weighted by Crippen LogP contribution is -2.21. The second-order valence-corrected chi connectivity index (χ2v) is 10.6. The van der Waals surface area contributed by atoms with E-state index in [4.69, 9.17) is 16.7 Å². The van der Waals surface area contributed by atoms with E-state index in [2.05, 4.69) is 15.3 Å². The fourth-order valence-electron chi connectivity index (χ4n) is 4.34. The number of halogens is 1. The maximum absolute atomic E-state index is 12.5. The third-order valence-corrected chi connectivity index (χ3v) is 7.42. The van der Waals surface area contributed by atoms with Crippen LogP contribution in [0, 0.1) is 0 Å². The molecule has 0 saturated carbocycles. The molecular weight excluding hydrogens is 510 g/mol. The van der Waals surface area contributed by atoms with Crippen LogP contribution in [0.4, 0.5) is 10.9 Å². The number of aromatic nitrogens is 4. The molecule has 0 radical (unpaired) electrons. The molecule has 37 heavy (non-hydrogen) atoms. The summed E-state index contributed by atoms with van der Waals surface area (Å²) in [4.78, 5) is 37.8. The summed E-state index contributed by atoms with van der Waals surface area (Å²) in [5.41, 5.74) is 5.72. The van der Waals surface area contributed by atoms with E-state index in [1.165, 1.54) is 23.2 Å². The number of anilines is 2. The molecule has 2 amide bonds. The van der Waals surface area contributed by atoms with Crippen molar-refractivity contribution in [2.75, 3.05) is 38.4 Å². The Morgan fingerprint density at radius 2 is 1.89 bits per heavy atom. The standard InChI is InChI=1S/C26H26ClN7O2S/c1-14(35)29-26-30-19-9-8-17-22(16-7-11-21(28-13-16)32(2)3)31-34(23(17)24(19)37-26)20-10-6-15(12-18(20)27)25(36)33(4)5/h6-7,10-13H,8-9H2,1-5H3,(H,29,30,35). The van der Waals surface area contributed by atoms with E-state index < -0.39 is 0 Å². The molecule has 1 aliphatic rings. The molecular formula is C26H26ClN7O2S. The number of carbonyl (C=O) groups is 2. The number of nitrogens with zero attached hydrogens (tertiary/aromatic N) is 6. The highest BCUT2D eigenvalue weighted by Crippen LogP contribution is 2.44. The molecule has 190 valence electrons. The largest absolute Gasteiger partial charge is 0.363 e. The molecule has 9 nitrogen and oxygen atoms in total. The summed E-state index contributed by atoms with van der Waals surface area (Å²) in [5.74, 6) is 0.552. The maximum atomic E-state index is 12.5. The molecule has 0 aliphatic heterocycles. The van der Waals surface area contributed by atoms with Gasteiger partial charge < -0.3 is 15.1 Å². The first-order chi connectivity index (χ1) is 17.6. The van der Waals surface area contributed by atoms with E-state index in [9.17, 15) is 9.59 Å². The van der Waals surface area contributed by atoms with Gasteiger partial charge in [-0.3, -0.25) is 9.59 Å². The average molecular weight is 536 g/mol. The number of carbonyl (C=O) groups excluding carboxylic acids is 2. The normalized spacial score (nSPS) is 12.1. The molecule has 4 aromatic rings. The first-order valence-corrected chi connectivity index (χ1v) is 12.9. The predicted octanol–water partition coefficient (Wildman–Crippen LogP) is 4.54. The lowest BCUT2D eigenvalue weighted by Gasteiger charge is -2.16. The smallest absolute Gasteiger partial charge is 0.253 e. The van der Waals surface area contributed by atoms with Crippen molar-refractivity contribution >= 4 is 45.7 Å². The number of benzene rings is 1. The zero-order valence-corrected chi connectivity index (χ0v) is 22.7. The lowest BCUT2D eigenvalue weighted by molar-refractivity contribution is -0.114. The second-order valence-electron chi connectivity index (χ2n) is 9.23. The van der Waals surface area contributed by atoms with Crippen molar-refractivity contribution in [2.24, 2.45) is 0 Å². The van der Waals surface area contributed by atoms with Crippen molar-refractivity contribution < 1.29 is 9.59 Å². The predicted molar refractivity (Wildman–Crippen MR) is 147 cm³/mol. The Morgan fingerprint density at radius 3 is 2.51 bits per heavy atom. The Morgan fingerprint density at radius 1 is 1.11 bits per heavy atom. The van der Waals surface area contributed by atoms with Crippen LogP contribution in [0.1, 0.15) is 28.5 Å². The number of amides is 2. The maximum Gasteiger partial charge on any atom is 0.253 e. The third-order valence-electron chi connectivity index (χ3n) is 6.10. The number of fused-ring (bicyclic) bond motifs is 3. The van der Waals surface area contributed by atoms with Gasteiger partial charge in [0.25, 0.3) is 5.91 Å². The topological polar surface area (TPSA) is 96.2 Å². The van der Waals surface area contributed by atoms with Gasteiger partial charge in [0, 0.05) is 58.0 Å². The molecule has 1 aromatic carbocycles. The minimum absolute atomic E-state index is 0.131. The molecule has 0 fully saturated rings. The minimum atomic E-state index is -0.170. The summed E-state index contributed by atoms with van der Waals surface area (Å²) in [7, 11) is 7.30. The molecule has 0 atom stereocenters. The molecule has 3 heterocycles. The number of pyridine rings is 1. The van der Waals surface area contributed by atoms with Gasteiger partial charge in [0.15, 0.2) is 5.13 Å². The van der Waals surface area contributed by atoms with Crippen molar-refractivity contribution in [1.29, 1.82) is 0 Å². The first-order valence-electron chi connectivity index (χ1n) is 11.7. The van der Waals surface area contributed by atoms with Crippen LogP contribution in [0.25, 0.3) is 27.5 Å². The van der Waals surface area contributed by atoms with Gasteiger partial charge in [-0.05, 0) is 43.2 Å². The van der Waals surface area contributed by atoms with Crippen LogP contribution in [-0.4, -0.2) is 64.7 Å². The fourth-order valence-corrected chi connectivity index (χ4v) is 5.72. The highest BCUT2D eigenvalue weighted by atomic mass is 35.5. The summed E-state index contributed by atoms with van der Waals surface area (Å²) < 4.78 is 1.82. The summed E-state index contributed by atoms with van der Waals surface area (Å²) >= 11 is 8.17.